The van der Waals surface area contributed by atoms with Crippen LogP contribution >= 0.6 is 11.8 Å². The molecule has 3 heterocycles. The number of oxazole rings is 1. The van der Waals surface area contributed by atoms with Crippen LogP contribution in [0, 0.1) is 0 Å². The van der Waals surface area contributed by atoms with Crippen molar-refractivity contribution >= 4 is 11.8 Å². The van der Waals surface area contributed by atoms with E-state index >= 15 is 0 Å². The highest BCUT2D eigenvalue weighted by Gasteiger charge is 2.50. The zero-order chi connectivity index (χ0) is 17.6. The van der Waals surface area contributed by atoms with Crippen molar-refractivity contribution in [2.75, 3.05) is 12.4 Å². The molecule has 7 heteroatoms. The van der Waals surface area contributed by atoms with Crippen LogP contribution in [0.5, 0.6) is 0 Å². The van der Waals surface area contributed by atoms with Gasteiger partial charge in [-0.1, -0.05) is 12.1 Å². The van der Waals surface area contributed by atoms with E-state index in [2.05, 4.69) is 44.0 Å². The van der Waals surface area contributed by atoms with Crippen LogP contribution in [0.1, 0.15) is 30.1 Å². The first-order valence-corrected chi connectivity index (χ1v) is 10.0. The van der Waals surface area contributed by atoms with Crippen LogP contribution in [0.3, 0.4) is 0 Å². The van der Waals surface area contributed by atoms with E-state index in [9.17, 15) is 5.11 Å². The molecule has 1 aliphatic carbocycles. The molecule has 0 bridgehead atoms. The molecular weight excluding hydrogens is 348 g/mol. The van der Waals surface area contributed by atoms with Crippen molar-refractivity contribution in [1.29, 1.82) is 0 Å². The molecule has 1 fully saturated rings. The molecule has 1 unspecified atom stereocenters. The molecule has 0 radical (unpaired) electrons. The summed E-state index contributed by atoms with van der Waals surface area (Å²) in [4.78, 5) is 4.21. The average Bonchev–Trinajstić information content (AvgIpc) is 3.19. The molecule has 1 atom stereocenters. The van der Waals surface area contributed by atoms with Crippen molar-refractivity contribution in [3.63, 3.8) is 0 Å². The first-order valence-electron chi connectivity index (χ1n) is 8.95. The van der Waals surface area contributed by atoms with E-state index in [1.54, 1.807) is 12.5 Å². The molecule has 26 heavy (non-hydrogen) atoms. The van der Waals surface area contributed by atoms with Gasteiger partial charge in [0.05, 0.1) is 18.2 Å². The van der Waals surface area contributed by atoms with Gasteiger partial charge in [-0.3, -0.25) is 0 Å². The molecule has 5 rings (SSSR count). The van der Waals surface area contributed by atoms with Crippen LogP contribution in [0.2, 0.25) is 0 Å². The molecule has 1 saturated carbocycles. The fraction of sp³-hybridized carbons (Fsp3) is 0.421. The standard InChI is InChI=1S/C19H20N4O2S/c24-12-15-11-16-21-22-18(23(16)8-10-26-15)19(5-6-19)14-3-1-13(2-4-14)17-20-7-9-25-17/h1-4,7,9,15,24H,5-6,8,10-12H2. The molecular formula is C19H20N4O2S. The van der Waals surface area contributed by atoms with Crippen LogP contribution in [0.15, 0.2) is 41.1 Å². The normalized spacial score (nSPS) is 21.2. The van der Waals surface area contributed by atoms with Gasteiger partial charge in [-0.2, -0.15) is 11.8 Å². The summed E-state index contributed by atoms with van der Waals surface area (Å²) in [5.74, 6) is 3.72. The maximum absolute atomic E-state index is 9.51. The number of aromatic nitrogens is 4. The van der Waals surface area contributed by atoms with Crippen LogP contribution < -0.4 is 0 Å². The second-order valence-electron chi connectivity index (χ2n) is 6.97. The van der Waals surface area contributed by atoms with Crippen LogP contribution in [-0.2, 0) is 18.4 Å². The second-order valence-corrected chi connectivity index (χ2v) is 8.38. The van der Waals surface area contributed by atoms with Crippen molar-refractivity contribution < 1.29 is 9.52 Å². The first kappa shape index (κ1) is 16.1. The molecule has 2 aliphatic rings. The van der Waals surface area contributed by atoms with Gasteiger partial charge in [-0.05, 0) is 30.5 Å². The quantitative estimate of drug-likeness (QED) is 0.763. The lowest BCUT2D eigenvalue weighted by molar-refractivity contribution is 0.293. The van der Waals surface area contributed by atoms with Gasteiger partial charge < -0.3 is 14.1 Å². The number of benzene rings is 1. The third-order valence-corrected chi connectivity index (χ3v) is 6.61. The molecule has 0 saturated heterocycles. The monoisotopic (exact) mass is 368 g/mol. The Bertz CT molecular complexity index is 900. The van der Waals surface area contributed by atoms with Crippen LogP contribution in [0.4, 0.5) is 0 Å². The van der Waals surface area contributed by atoms with E-state index in [0.29, 0.717) is 5.89 Å². The minimum atomic E-state index is -0.0237. The predicted molar refractivity (Wildman–Crippen MR) is 99.0 cm³/mol. The summed E-state index contributed by atoms with van der Waals surface area (Å²) in [6, 6.07) is 8.46. The number of aliphatic hydroxyl groups excluding tert-OH is 1. The predicted octanol–water partition coefficient (Wildman–Crippen LogP) is 2.66. The summed E-state index contributed by atoms with van der Waals surface area (Å²) in [5.41, 5.74) is 2.24. The highest BCUT2D eigenvalue weighted by atomic mass is 32.2. The number of thioether (sulfide) groups is 1. The molecule has 1 aliphatic heterocycles. The minimum Gasteiger partial charge on any atom is -0.445 e. The van der Waals surface area contributed by atoms with Gasteiger partial charge in [0.1, 0.15) is 17.9 Å². The minimum absolute atomic E-state index is 0.0237. The number of rotatable bonds is 4. The summed E-state index contributed by atoms with van der Waals surface area (Å²) < 4.78 is 7.67. The Morgan fingerprint density at radius 3 is 2.77 bits per heavy atom. The van der Waals surface area contributed by atoms with Crippen LogP contribution in [0.25, 0.3) is 11.5 Å². The van der Waals surface area contributed by atoms with E-state index in [0.717, 1.165) is 48.8 Å². The number of hydrogen-bond acceptors (Lipinski definition) is 6. The number of fused-ring (bicyclic) bond motifs is 1. The SMILES string of the molecule is OCC1Cc2nnc(C3(c4ccc(-c5ncco5)cc4)CC3)n2CCS1. The Hall–Kier alpha value is -2.12. The maximum Gasteiger partial charge on any atom is 0.225 e. The molecule has 134 valence electrons. The largest absolute Gasteiger partial charge is 0.445 e. The Morgan fingerprint density at radius 1 is 1.23 bits per heavy atom. The molecule has 3 aromatic rings. The molecule has 6 nitrogen and oxygen atoms in total. The first-order chi connectivity index (χ1) is 12.8. The number of hydrogen-bond donors (Lipinski definition) is 1. The average molecular weight is 368 g/mol. The summed E-state index contributed by atoms with van der Waals surface area (Å²) in [6.07, 6.45) is 6.23. The van der Waals surface area contributed by atoms with Gasteiger partial charge in [0, 0.05) is 29.5 Å². The summed E-state index contributed by atoms with van der Waals surface area (Å²) in [6.45, 7) is 1.11. The topological polar surface area (TPSA) is 77.0 Å². The molecule has 0 amide bonds. The van der Waals surface area contributed by atoms with E-state index in [1.165, 1.54) is 5.56 Å². The Balaban J connectivity index is 1.48. The van der Waals surface area contributed by atoms with Gasteiger partial charge in [-0.25, -0.2) is 4.98 Å². The summed E-state index contributed by atoms with van der Waals surface area (Å²) in [5, 5.41) is 18.8. The fourth-order valence-corrected chi connectivity index (χ4v) is 4.82. The maximum atomic E-state index is 9.51. The molecule has 1 aromatic carbocycles. The lowest BCUT2D eigenvalue weighted by atomic mass is 9.94. The van der Waals surface area contributed by atoms with Crippen LogP contribution in [-0.4, -0.2) is 42.5 Å². The van der Waals surface area contributed by atoms with Crippen molar-refractivity contribution in [3.05, 3.63) is 53.9 Å². The zero-order valence-electron chi connectivity index (χ0n) is 14.3. The van der Waals surface area contributed by atoms with Crippen molar-refractivity contribution in [2.24, 2.45) is 0 Å². The summed E-state index contributed by atoms with van der Waals surface area (Å²) >= 11 is 1.83. The van der Waals surface area contributed by atoms with Crippen molar-refractivity contribution in [1.82, 2.24) is 19.7 Å². The highest BCUT2D eigenvalue weighted by Crippen LogP contribution is 2.53. The number of nitrogens with zero attached hydrogens (tertiary/aromatic N) is 4. The smallest absolute Gasteiger partial charge is 0.225 e. The van der Waals surface area contributed by atoms with Gasteiger partial charge in [-0.15, -0.1) is 10.2 Å². The molecule has 2 aromatic heterocycles. The lowest BCUT2D eigenvalue weighted by Crippen LogP contribution is -2.18. The highest BCUT2D eigenvalue weighted by molar-refractivity contribution is 7.99. The fourth-order valence-electron chi connectivity index (χ4n) is 3.83. The van der Waals surface area contributed by atoms with Crippen molar-refractivity contribution in [2.45, 2.75) is 36.5 Å². The van der Waals surface area contributed by atoms with E-state index in [4.69, 9.17) is 4.42 Å². The summed E-state index contributed by atoms with van der Waals surface area (Å²) in [7, 11) is 0. The van der Waals surface area contributed by atoms with Gasteiger partial charge in [0.2, 0.25) is 5.89 Å². The van der Waals surface area contributed by atoms with Gasteiger partial charge in [0.15, 0.2) is 0 Å². The third-order valence-electron chi connectivity index (χ3n) is 5.40. The van der Waals surface area contributed by atoms with Gasteiger partial charge >= 0.3 is 0 Å². The Labute approximate surface area is 155 Å². The molecule has 1 N–H and O–H groups in total. The van der Waals surface area contributed by atoms with Crippen molar-refractivity contribution in [3.8, 4) is 11.5 Å². The zero-order valence-corrected chi connectivity index (χ0v) is 15.2. The second kappa shape index (κ2) is 6.25. The third kappa shape index (κ3) is 2.57. The number of aliphatic hydroxyl groups is 1. The van der Waals surface area contributed by atoms with Gasteiger partial charge in [0.25, 0.3) is 0 Å². The Morgan fingerprint density at radius 2 is 2.08 bits per heavy atom. The van der Waals surface area contributed by atoms with E-state index in [1.807, 2.05) is 11.8 Å². The Kier molecular flexibility index (Phi) is 3.86. The lowest BCUT2D eigenvalue weighted by Gasteiger charge is -2.17. The van der Waals surface area contributed by atoms with E-state index < -0.39 is 0 Å². The molecule has 0 spiro atoms. The van der Waals surface area contributed by atoms with E-state index in [-0.39, 0.29) is 17.3 Å².